The predicted octanol–water partition coefficient (Wildman–Crippen LogP) is 3.84. The van der Waals surface area contributed by atoms with Gasteiger partial charge in [0, 0.05) is 11.7 Å². The van der Waals surface area contributed by atoms with E-state index < -0.39 is 0 Å². The Balaban J connectivity index is 2.36. The summed E-state index contributed by atoms with van der Waals surface area (Å²) in [5, 5.41) is 4.13. The number of rotatable bonds is 8. The van der Waals surface area contributed by atoms with Gasteiger partial charge in [-0.05, 0) is 57.6 Å². The lowest BCUT2D eigenvalue weighted by molar-refractivity contribution is 0.295. The van der Waals surface area contributed by atoms with E-state index in [1.807, 2.05) is 12.1 Å². The molecule has 4 heteroatoms. The van der Waals surface area contributed by atoms with Crippen molar-refractivity contribution in [2.75, 3.05) is 30.7 Å². The van der Waals surface area contributed by atoms with Gasteiger partial charge in [0.1, 0.15) is 0 Å². The lowest BCUT2D eigenvalue weighted by Crippen LogP contribution is -2.25. The summed E-state index contributed by atoms with van der Waals surface area (Å²) >= 11 is 6.15. The molecule has 0 bridgehead atoms. The molecule has 0 aliphatic carbocycles. The van der Waals surface area contributed by atoms with Gasteiger partial charge in [0.25, 0.3) is 0 Å². The van der Waals surface area contributed by atoms with Crippen molar-refractivity contribution >= 4 is 23.0 Å². The number of nitrogens with one attached hydrogen (secondary N) is 1. The van der Waals surface area contributed by atoms with Crippen molar-refractivity contribution < 1.29 is 0 Å². The molecule has 0 aliphatic rings. The molecule has 3 N–H and O–H groups in total. The Morgan fingerprint density at radius 2 is 2.00 bits per heavy atom. The quantitative estimate of drug-likeness (QED) is 0.712. The smallest absolute Gasteiger partial charge is 0.0658 e. The number of hydrogen-bond acceptors (Lipinski definition) is 3. The molecular weight excluding hydrogens is 258 g/mol. The van der Waals surface area contributed by atoms with Crippen LogP contribution in [0.15, 0.2) is 18.2 Å². The van der Waals surface area contributed by atoms with Crippen LogP contribution in [0.2, 0.25) is 5.02 Å². The van der Waals surface area contributed by atoms with Crippen molar-refractivity contribution in [1.82, 2.24) is 4.90 Å². The van der Waals surface area contributed by atoms with Crippen LogP contribution >= 0.6 is 11.6 Å². The summed E-state index contributed by atoms with van der Waals surface area (Å²) in [6, 6.07) is 6.01. The maximum absolute atomic E-state index is 6.15. The second-order valence-electron chi connectivity index (χ2n) is 4.95. The lowest BCUT2D eigenvalue weighted by atomic mass is 10.1. The summed E-state index contributed by atoms with van der Waals surface area (Å²) in [6.45, 7) is 10.0. The fourth-order valence-corrected chi connectivity index (χ4v) is 2.39. The first-order valence-electron chi connectivity index (χ1n) is 7.10. The molecule has 108 valence electrons. The molecule has 1 aromatic rings. The molecule has 3 nitrogen and oxygen atoms in total. The maximum atomic E-state index is 6.15. The first-order chi connectivity index (χ1) is 9.06. The highest BCUT2D eigenvalue weighted by molar-refractivity contribution is 6.33. The second-order valence-corrected chi connectivity index (χ2v) is 5.36. The second kappa shape index (κ2) is 8.28. The molecular formula is C15H26ClN3. The largest absolute Gasteiger partial charge is 0.399 e. The van der Waals surface area contributed by atoms with Gasteiger partial charge < -0.3 is 16.0 Å². The zero-order valence-electron chi connectivity index (χ0n) is 12.2. The van der Waals surface area contributed by atoms with Crippen molar-refractivity contribution in [3.8, 4) is 0 Å². The van der Waals surface area contributed by atoms with Gasteiger partial charge in [-0.25, -0.2) is 0 Å². The first kappa shape index (κ1) is 16.1. The minimum atomic E-state index is 0.414. The van der Waals surface area contributed by atoms with E-state index in [1.54, 1.807) is 6.07 Å². The minimum absolute atomic E-state index is 0.414. The number of halogens is 1. The van der Waals surface area contributed by atoms with E-state index in [0.717, 1.165) is 31.7 Å². The van der Waals surface area contributed by atoms with Crippen molar-refractivity contribution in [2.24, 2.45) is 0 Å². The topological polar surface area (TPSA) is 41.3 Å². The van der Waals surface area contributed by atoms with E-state index in [-0.39, 0.29) is 0 Å². The van der Waals surface area contributed by atoms with E-state index in [4.69, 9.17) is 17.3 Å². The van der Waals surface area contributed by atoms with E-state index in [9.17, 15) is 0 Å². The summed E-state index contributed by atoms with van der Waals surface area (Å²) < 4.78 is 0. The Kier molecular flexibility index (Phi) is 7.03. The van der Waals surface area contributed by atoms with Crippen molar-refractivity contribution in [3.63, 3.8) is 0 Å². The number of anilines is 2. The van der Waals surface area contributed by atoms with Crippen molar-refractivity contribution in [2.45, 2.75) is 39.7 Å². The highest BCUT2D eigenvalue weighted by atomic mass is 35.5. The fraction of sp³-hybridized carbons (Fsp3) is 0.600. The number of benzene rings is 1. The summed E-state index contributed by atoms with van der Waals surface area (Å²) in [5.41, 5.74) is 7.35. The Morgan fingerprint density at radius 1 is 1.32 bits per heavy atom. The Labute approximate surface area is 122 Å². The molecule has 0 spiro atoms. The summed E-state index contributed by atoms with van der Waals surface area (Å²) in [6.07, 6.45) is 2.33. The van der Waals surface area contributed by atoms with Gasteiger partial charge in [0.2, 0.25) is 0 Å². The minimum Gasteiger partial charge on any atom is -0.399 e. The molecule has 0 radical (unpaired) electrons. The molecule has 0 aliphatic heterocycles. The van der Waals surface area contributed by atoms with Crippen molar-refractivity contribution in [3.05, 3.63) is 23.2 Å². The summed E-state index contributed by atoms with van der Waals surface area (Å²) in [7, 11) is 0. The third-order valence-electron chi connectivity index (χ3n) is 3.40. The van der Waals surface area contributed by atoms with Crippen LogP contribution in [0.25, 0.3) is 0 Å². The van der Waals surface area contributed by atoms with Crippen LogP contribution < -0.4 is 11.1 Å². The van der Waals surface area contributed by atoms with Crippen LogP contribution in [0.3, 0.4) is 0 Å². The van der Waals surface area contributed by atoms with E-state index in [1.165, 1.54) is 6.42 Å². The molecule has 1 unspecified atom stereocenters. The number of nitrogens with two attached hydrogens (primary N) is 1. The fourth-order valence-electron chi connectivity index (χ4n) is 2.15. The van der Waals surface area contributed by atoms with Crippen molar-refractivity contribution in [1.29, 1.82) is 0 Å². The Hall–Kier alpha value is -0.930. The van der Waals surface area contributed by atoms with Gasteiger partial charge >= 0.3 is 0 Å². The monoisotopic (exact) mass is 283 g/mol. The molecule has 1 atom stereocenters. The molecule has 0 aromatic heterocycles. The van der Waals surface area contributed by atoms with Gasteiger partial charge in [-0.1, -0.05) is 25.4 Å². The highest BCUT2D eigenvalue weighted by Gasteiger charge is 2.06. The molecule has 0 saturated carbocycles. The SMILES string of the molecule is CCN(CC)CCCC(C)Nc1ccc(N)cc1Cl. The van der Waals surface area contributed by atoms with Crippen LogP contribution in [0.1, 0.15) is 33.6 Å². The van der Waals surface area contributed by atoms with E-state index in [0.29, 0.717) is 16.8 Å². The molecule has 1 rings (SSSR count). The van der Waals surface area contributed by atoms with Crippen LogP contribution in [0.4, 0.5) is 11.4 Å². The molecule has 0 heterocycles. The third-order valence-corrected chi connectivity index (χ3v) is 3.71. The number of nitrogen functional groups attached to an aromatic ring is 1. The molecule has 0 saturated heterocycles. The average Bonchev–Trinajstić information content (AvgIpc) is 2.38. The summed E-state index contributed by atoms with van der Waals surface area (Å²) in [4.78, 5) is 2.45. The van der Waals surface area contributed by atoms with Gasteiger partial charge in [-0.15, -0.1) is 0 Å². The van der Waals surface area contributed by atoms with Crippen LogP contribution in [0, 0.1) is 0 Å². The van der Waals surface area contributed by atoms with Crippen LogP contribution in [-0.4, -0.2) is 30.6 Å². The van der Waals surface area contributed by atoms with Gasteiger partial charge in [-0.2, -0.15) is 0 Å². The predicted molar refractivity (Wildman–Crippen MR) is 86.0 cm³/mol. The maximum Gasteiger partial charge on any atom is 0.0658 e. The normalized spacial score (nSPS) is 12.7. The number of nitrogens with zero attached hydrogens (tertiary/aromatic N) is 1. The molecule has 0 fully saturated rings. The van der Waals surface area contributed by atoms with E-state index >= 15 is 0 Å². The first-order valence-corrected chi connectivity index (χ1v) is 7.48. The van der Waals surface area contributed by atoms with Gasteiger partial charge in [0.05, 0.1) is 10.7 Å². The number of hydrogen-bond donors (Lipinski definition) is 2. The zero-order valence-corrected chi connectivity index (χ0v) is 13.0. The third kappa shape index (κ3) is 5.70. The standard InChI is InChI=1S/C15H26ClN3/c1-4-19(5-2)10-6-7-12(3)18-15-9-8-13(17)11-14(15)16/h8-9,11-12,18H,4-7,10,17H2,1-3H3. The molecule has 1 aromatic carbocycles. The lowest BCUT2D eigenvalue weighted by Gasteiger charge is -2.20. The van der Waals surface area contributed by atoms with Crippen LogP contribution in [0.5, 0.6) is 0 Å². The average molecular weight is 284 g/mol. The Bertz CT molecular complexity index is 378. The van der Waals surface area contributed by atoms with Crippen LogP contribution in [-0.2, 0) is 0 Å². The van der Waals surface area contributed by atoms with Gasteiger partial charge in [-0.3, -0.25) is 0 Å². The zero-order chi connectivity index (χ0) is 14.3. The van der Waals surface area contributed by atoms with E-state index in [2.05, 4.69) is 31.0 Å². The molecule has 0 amide bonds. The van der Waals surface area contributed by atoms with Gasteiger partial charge in [0.15, 0.2) is 0 Å². The molecule has 19 heavy (non-hydrogen) atoms. The summed E-state index contributed by atoms with van der Waals surface area (Å²) in [5.74, 6) is 0. The highest BCUT2D eigenvalue weighted by Crippen LogP contribution is 2.25. The Morgan fingerprint density at radius 3 is 2.58 bits per heavy atom.